The fraction of sp³-hybridized carbons (Fsp3) is 0.769. The summed E-state index contributed by atoms with van der Waals surface area (Å²) in [7, 11) is 0. The maximum absolute atomic E-state index is 13.4. The summed E-state index contributed by atoms with van der Waals surface area (Å²) < 4.78 is 197. The predicted molar refractivity (Wildman–Crippen MR) is 66.1 cm³/mol. The van der Waals surface area contributed by atoms with E-state index in [1.165, 1.54) is 0 Å². The third-order valence-electron chi connectivity index (χ3n) is 3.39. The third kappa shape index (κ3) is 4.15. The Kier molecular flexibility index (Phi) is 7.22. The quantitative estimate of drug-likeness (QED) is 0.234. The molecule has 0 atom stereocenters. The van der Waals surface area contributed by atoms with E-state index in [2.05, 4.69) is 11.3 Å². The van der Waals surface area contributed by atoms with Gasteiger partial charge in [-0.15, -0.1) is 0 Å². The maximum Gasteiger partial charge on any atom is 0.460 e. The highest BCUT2D eigenvalue weighted by Gasteiger charge is 2.93. The fourth-order valence-corrected chi connectivity index (χ4v) is 1.55. The Hall–Kier alpha value is -1.84. The average Bonchev–Trinajstić information content (AvgIpc) is 2.52. The van der Waals surface area contributed by atoms with Crippen molar-refractivity contribution in [2.45, 2.75) is 55.1 Å². The van der Waals surface area contributed by atoms with Crippen LogP contribution in [0.3, 0.4) is 0 Å². The van der Waals surface area contributed by atoms with E-state index in [1.807, 2.05) is 0 Å². The molecule has 30 heavy (non-hydrogen) atoms. The maximum atomic E-state index is 13.4. The van der Waals surface area contributed by atoms with Crippen LogP contribution in [0.15, 0.2) is 12.2 Å². The Morgan fingerprint density at radius 1 is 0.667 bits per heavy atom. The van der Waals surface area contributed by atoms with Crippen LogP contribution in [0.2, 0.25) is 0 Å². The second-order valence-electron chi connectivity index (χ2n) is 5.74. The predicted octanol–water partition coefficient (Wildman–Crippen LogP) is 5.87. The lowest BCUT2D eigenvalue weighted by molar-refractivity contribution is -0.452. The van der Waals surface area contributed by atoms with E-state index in [-0.39, 0.29) is 0 Å². The number of hydrogen-bond acceptors (Lipinski definition) is 2. The van der Waals surface area contributed by atoms with E-state index in [0.717, 1.165) is 6.92 Å². The molecule has 0 aliphatic heterocycles. The van der Waals surface area contributed by atoms with Crippen molar-refractivity contribution in [3.63, 3.8) is 0 Å². The van der Waals surface area contributed by atoms with Gasteiger partial charge in [-0.2, -0.15) is 65.9 Å². The first-order valence-electron chi connectivity index (χ1n) is 6.99. The lowest BCUT2D eigenvalue weighted by Crippen LogP contribution is -2.72. The van der Waals surface area contributed by atoms with Gasteiger partial charge in [-0.25, -0.2) is 4.79 Å². The second-order valence-corrected chi connectivity index (χ2v) is 5.74. The molecule has 0 bridgehead atoms. The molecular formula is C13H9F15O2. The molecule has 0 saturated heterocycles. The molecule has 0 aromatic rings. The molecular weight excluding hydrogens is 473 g/mol. The van der Waals surface area contributed by atoms with Crippen molar-refractivity contribution in [1.82, 2.24) is 0 Å². The molecule has 0 spiro atoms. The average molecular weight is 482 g/mol. The van der Waals surface area contributed by atoms with Crippen LogP contribution in [0.5, 0.6) is 0 Å². The first-order valence-corrected chi connectivity index (χ1v) is 6.99. The van der Waals surface area contributed by atoms with E-state index in [9.17, 15) is 70.7 Å². The van der Waals surface area contributed by atoms with Crippen LogP contribution >= 0.6 is 0 Å². The van der Waals surface area contributed by atoms with Gasteiger partial charge < -0.3 is 4.74 Å². The first kappa shape index (κ1) is 28.2. The summed E-state index contributed by atoms with van der Waals surface area (Å²) in [4.78, 5) is 10.9. The Labute approximate surface area is 156 Å². The van der Waals surface area contributed by atoms with Crippen molar-refractivity contribution in [3.05, 3.63) is 12.2 Å². The minimum Gasteiger partial charge on any atom is -0.462 e. The van der Waals surface area contributed by atoms with E-state index < -0.39 is 66.3 Å². The topological polar surface area (TPSA) is 26.3 Å². The number of esters is 1. The smallest absolute Gasteiger partial charge is 0.460 e. The van der Waals surface area contributed by atoms with Crippen LogP contribution in [0.4, 0.5) is 65.9 Å². The van der Waals surface area contributed by atoms with Gasteiger partial charge in [-0.3, -0.25) is 0 Å². The SMILES string of the molecule is C=C(C)C(=O)OCCC(F)(F)C(F)(F)C(F)(F)C(F)(F)C(F)(F)C(F)(F)C(F)(F)F. The number of rotatable bonds is 9. The van der Waals surface area contributed by atoms with Gasteiger partial charge in [-0.1, -0.05) is 6.58 Å². The molecule has 0 N–H and O–H groups in total. The molecule has 0 fully saturated rings. The van der Waals surface area contributed by atoms with Crippen LogP contribution in [0.1, 0.15) is 13.3 Å². The normalized spacial score (nSPS) is 15.2. The summed E-state index contributed by atoms with van der Waals surface area (Å²) in [6, 6.07) is 0. The summed E-state index contributed by atoms with van der Waals surface area (Å²) in [6.45, 7) is 1.88. The molecule has 178 valence electrons. The standard InChI is InChI=1S/C13H9F15O2/c1-5(2)6(29)30-4-3-7(14,15)8(16,17)9(18,19)10(20,21)11(22,23)12(24,25)13(26,27)28/h1,3-4H2,2H3. The van der Waals surface area contributed by atoms with E-state index in [4.69, 9.17) is 0 Å². The van der Waals surface area contributed by atoms with E-state index >= 15 is 0 Å². The van der Waals surface area contributed by atoms with Crippen LogP contribution in [-0.4, -0.2) is 54.3 Å². The van der Waals surface area contributed by atoms with Gasteiger partial charge in [0.2, 0.25) is 0 Å². The molecule has 0 unspecified atom stereocenters. The first-order chi connectivity index (χ1) is 12.8. The lowest BCUT2D eigenvalue weighted by Gasteiger charge is -2.41. The zero-order valence-electron chi connectivity index (χ0n) is 14.1. The molecule has 2 nitrogen and oxygen atoms in total. The van der Waals surface area contributed by atoms with Crippen molar-refractivity contribution in [2.24, 2.45) is 0 Å². The Bertz CT molecular complexity index is 662. The number of alkyl halides is 15. The zero-order valence-corrected chi connectivity index (χ0v) is 14.1. The van der Waals surface area contributed by atoms with Gasteiger partial charge in [0.05, 0.1) is 13.0 Å². The van der Waals surface area contributed by atoms with Gasteiger partial charge in [0, 0.05) is 5.57 Å². The van der Waals surface area contributed by atoms with Crippen LogP contribution < -0.4 is 0 Å². The number of halogens is 15. The van der Waals surface area contributed by atoms with Crippen molar-refractivity contribution in [3.8, 4) is 0 Å². The summed E-state index contributed by atoms with van der Waals surface area (Å²) >= 11 is 0. The second kappa shape index (κ2) is 7.69. The van der Waals surface area contributed by atoms with Gasteiger partial charge in [0.15, 0.2) is 0 Å². The number of ether oxygens (including phenoxy) is 1. The highest BCUT2D eigenvalue weighted by Crippen LogP contribution is 2.62. The van der Waals surface area contributed by atoms with Crippen molar-refractivity contribution in [2.75, 3.05) is 6.61 Å². The third-order valence-corrected chi connectivity index (χ3v) is 3.39. The van der Waals surface area contributed by atoms with Gasteiger partial charge >= 0.3 is 47.7 Å². The summed E-state index contributed by atoms with van der Waals surface area (Å²) in [5, 5.41) is 0. The zero-order chi connectivity index (χ0) is 24.8. The molecule has 0 amide bonds. The van der Waals surface area contributed by atoms with Crippen LogP contribution in [-0.2, 0) is 9.53 Å². The van der Waals surface area contributed by atoms with Crippen molar-refractivity contribution >= 4 is 5.97 Å². The van der Waals surface area contributed by atoms with Gasteiger partial charge in [-0.05, 0) is 6.92 Å². The number of carbonyl (C=O) groups is 1. The van der Waals surface area contributed by atoms with Crippen LogP contribution in [0.25, 0.3) is 0 Å². The highest BCUT2D eigenvalue weighted by atomic mass is 19.4. The van der Waals surface area contributed by atoms with E-state index in [1.54, 1.807) is 0 Å². The summed E-state index contributed by atoms with van der Waals surface area (Å²) in [6.07, 6.45) is -10.4. The van der Waals surface area contributed by atoms with Crippen molar-refractivity contribution in [1.29, 1.82) is 0 Å². The Morgan fingerprint density at radius 3 is 1.33 bits per heavy atom. The fourth-order valence-electron chi connectivity index (χ4n) is 1.55. The Balaban J connectivity index is 6.10. The molecule has 0 rings (SSSR count). The van der Waals surface area contributed by atoms with Gasteiger partial charge in [0.1, 0.15) is 0 Å². The Morgan fingerprint density at radius 2 is 1.00 bits per heavy atom. The molecule has 0 aliphatic rings. The summed E-state index contributed by atoms with van der Waals surface area (Å²) in [5.41, 5.74) is -0.532. The van der Waals surface area contributed by atoms with Crippen LogP contribution in [0, 0.1) is 0 Å². The minimum atomic E-state index is -8.33. The van der Waals surface area contributed by atoms with E-state index in [0.29, 0.717) is 0 Å². The largest absolute Gasteiger partial charge is 0.462 e. The minimum absolute atomic E-state index is 0.532. The highest BCUT2D eigenvalue weighted by molar-refractivity contribution is 5.86. The summed E-state index contributed by atoms with van der Waals surface area (Å²) in [5.74, 6) is -48.4. The molecule has 0 aliphatic carbocycles. The molecule has 0 heterocycles. The number of hydrogen-bond donors (Lipinski definition) is 0. The number of carbonyl (C=O) groups excluding carboxylic acids is 1. The lowest BCUT2D eigenvalue weighted by atomic mass is 9.90. The molecule has 0 aromatic heterocycles. The monoisotopic (exact) mass is 482 g/mol. The molecule has 0 saturated carbocycles. The molecule has 17 heteroatoms. The van der Waals surface area contributed by atoms with Gasteiger partial charge in [0.25, 0.3) is 0 Å². The molecule has 0 aromatic carbocycles. The molecule has 0 radical (unpaired) electrons. The van der Waals surface area contributed by atoms with Crippen molar-refractivity contribution < 1.29 is 75.4 Å².